The van der Waals surface area contributed by atoms with E-state index in [4.69, 9.17) is 11.6 Å². The topological polar surface area (TPSA) is 82.7 Å². The summed E-state index contributed by atoms with van der Waals surface area (Å²) < 4.78 is 0. The van der Waals surface area contributed by atoms with E-state index in [9.17, 15) is 4.79 Å². The number of nitrogens with one attached hydrogen (secondary N) is 3. The summed E-state index contributed by atoms with van der Waals surface area (Å²) in [5.41, 5.74) is 0.667. The molecule has 1 aromatic heterocycles. The Morgan fingerprint density at radius 3 is 3.05 bits per heavy atom. The number of halogens is 1. The van der Waals surface area contributed by atoms with Crippen molar-refractivity contribution in [3.05, 3.63) is 41.4 Å². The zero-order chi connectivity index (χ0) is 13.5. The highest BCUT2D eigenvalue weighted by atomic mass is 35.5. The van der Waals surface area contributed by atoms with Gasteiger partial charge >= 0.3 is 6.03 Å². The molecular formula is C12H14ClN5O. The van der Waals surface area contributed by atoms with Gasteiger partial charge in [0.25, 0.3) is 0 Å². The molecule has 0 aliphatic carbocycles. The summed E-state index contributed by atoms with van der Waals surface area (Å²) in [6, 6.07) is 6.75. The fraction of sp³-hybridized carbons (Fsp3) is 0.250. The minimum absolute atomic E-state index is 0.250. The molecule has 19 heavy (non-hydrogen) atoms. The van der Waals surface area contributed by atoms with Gasteiger partial charge in [0, 0.05) is 23.7 Å². The molecule has 1 aromatic carbocycles. The van der Waals surface area contributed by atoms with Crippen molar-refractivity contribution in [2.45, 2.75) is 12.8 Å². The number of anilines is 1. The van der Waals surface area contributed by atoms with E-state index in [-0.39, 0.29) is 6.03 Å². The lowest BCUT2D eigenvalue weighted by Gasteiger charge is -2.07. The summed E-state index contributed by atoms with van der Waals surface area (Å²) in [5.74, 6) is 0.817. The summed E-state index contributed by atoms with van der Waals surface area (Å²) in [6.07, 6.45) is 3.00. The SMILES string of the molecule is O=C(NCCCc1ncn[nH]1)Nc1cccc(Cl)c1. The van der Waals surface area contributed by atoms with Gasteiger partial charge in [-0.05, 0) is 24.6 Å². The van der Waals surface area contributed by atoms with E-state index < -0.39 is 0 Å². The molecule has 0 aliphatic heterocycles. The van der Waals surface area contributed by atoms with Gasteiger partial charge in [-0.3, -0.25) is 5.10 Å². The van der Waals surface area contributed by atoms with Crippen molar-refractivity contribution in [2.24, 2.45) is 0 Å². The van der Waals surface area contributed by atoms with Gasteiger partial charge in [-0.25, -0.2) is 9.78 Å². The molecular weight excluding hydrogens is 266 g/mol. The van der Waals surface area contributed by atoms with E-state index in [0.29, 0.717) is 17.3 Å². The third-order valence-electron chi connectivity index (χ3n) is 2.42. The molecule has 2 rings (SSSR count). The van der Waals surface area contributed by atoms with Gasteiger partial charge in [0.1, 0.15) is 12.2 Å². The number of rotatable bonds is 5. The number of carbonyl (C=O) groups is 1. The predicted octanol–water partition coefficient (Wildman–Crippen LogP) is 2.21. The molecule has 0 aliphatic rings. The van der Waals surface area contributed by atoms with Gasteiger partial charge in [0.2, 0.25) is 0 Å². The zero-order valence-electron chi connectivity index (χ0n) is 10.2. The van der Waals surface area contributed by atoms with Crippen LogP contribution in [0.4, 0.5) is 10.5 Å². The van der Waals surface area contributed by atoms with Gasteiger partial charge in [-0.2, -0.15) is 5.10 Å². The summed E-state index contributed by atoms with van der Waals surface area (Å²) in [6.45, 7) is 0.563. The van der Waals surface area contributed by atoms with Crippen molar-refractivity contribution in [1.82, 2.24) is 20.5 Å². The maximum absolute atomic E-state index is 11.6. The van der Waals surface area contributed by atoms with Crippen LogP contribution in [0.15, 0.2) is 30.6 Å². The second-order valence-corrected chi connectivity index (χ2v) is 4.36. The number of aromatic amines is 1. The Bertz CT molecular complexity index is 529. The van der Waals surface area contributed by atoms with Crippen molar-refractivity contribution >= 4 is 23.3 Å². The van der Waals surface area contributed by atoms with Gasteiger partial charge in [-0.15, -0.1) is 0 Å². The van der Waals surface area contributed by atoms with Crippen LogP contribution in [0.25, 0.3) is 0 Å². The number of urea groups is 1. The normalized spacial score (nSPS) is 10.2. The lowest BCUT2D eigenvalue weighted by molar-refractivity contribution is 0.252. The molecule has 0 saturated heterocycles. The van der Waals surface area contributed by atoms with Crippen molar-refractivity contribution in [3.63, 3.8) is 0 Å². The van der Waals surface area contributed by atoms with E-state index >= 15 is 0 Å². The lowest BCUT2D eigenvalue weighted by Crippen LogP contribution is -2.29. The Morgan fingerprint density at radius 1 is 1.42 bits per heavy atom. The second kappa shape index (κ2) is 6.75. The van der Waals surface area contributed by atoms with E-state index in [1.807, 2.05) is 0 Å². The van der Waals surface area contributed by atoms with Gasteiger partial charge in [-0.1, -0.05) is 17.7 Å². The average molecular weight is 280 g/mol. The molecule has 0 fully saturated rings. The number of carbonyl (C=O) groups excluding carboxylic acids is 1. The lowest BCUT2D eigenvalue weighted by atomic mass is 10.3. The Hall–Kier alpha value is -2.08. The number of aryl methyl sites for hydroxylation is 1. The minimum atomic E-state index is -0.250. The fourth-order valence-corrected chi connectivity index (χ4v) is 1.74. The smallest absolute Gasteiger partial charge is 0.319 e. The molecule has 0 radical (unpaired) electrons. The summed E-state index contributed by atoms with van der Waals surface area (Å²) in [7, 11) is 0. The van der Waals surface area contributed by atoms with Crippen LogP contribution < -0.4 is 10.6 Å². The number of benzene rings is 1. The maximum atomic E-state index is 11.6. The summed E-state index contributed by atoms with van der Waals surface area (Å²) in [4.78, 5) is 15.6. The highest BCUT2D eigenvalue weighted by Gasteiger charge is 2.02. The van der Waals surface area contributed by atoms with Crippen LogP contribution in [0, 0.1) is 0 Å². The molecule has 0 atom stereocenters. The first kappa shape index (κ1) is 13.4. The molecule has 7 heteroatoms. The molecule has 3 N–H and O–H groups in total. The average Bonchev–Trinajstić information content (AvgIpc) is 2.88. The Morgan fingerprint density at radius 2 is 2.32 bits per heavy atom. The number of amides is 2. The molecule has 0 saturated carbocycles. The predicted molar refractivity (Wildman–Crippen MR) is 73.2 cm³/mol. The van der Waals surface area contributed by atoms with E-state index in [1.54, 1.807) is 24.3 Å². The van der Waals surface area contributed by atoms with E-state index in [1.165, 1.54) is 6.33 Å². The van der Waals surface area contributed by atoms with Crippen molar-refractivity contribution in [2.75, 3.05) is 11.9 Å². The summed E-state index contributed by atoms with van der Waals surface area (Å²) >= 11 is 5.82. The van der Waals surface area contributed by atoms with Gasteiger partial charge < -0.3 is 10.6 Å². The molecule has 100 valence electrons. The third-order valence-corrected chi connectivity index (χ3v) is 2.66. The fourth-order valence-electron chi connectivity index (χ4n) is 1.55. The first-order chi connectivity index (χ1) is 9.24. The molecule has 6 nitrogen and oxygen atoms in total. The highest BCUT2D eigenvalue weighted by molar-refractivity contribution is 6.30. The molecule has 2 amide bonds. The number of hydrogen-bond donors (Lipinski definition) is 3. The molecule has 0 unspecified atom stereocenters. The van der Waals surface area contributed by atoms with Crippen LogP contribution in [-0.2, 0) is 6.42 Å². The highest BCUT2D eigenvalue weighted by Crippen LogP contribution is 2.14. The van der Waals surface area contributed by atoms with Crippen LogP contribution in [0.3, 0.4) is 0 Å². The van der Waals surface area contributed by atoms with E-state index in [0.717, 1.165) is 18.7 Å². The molecule has 2 aromatic rings. The largest absolute Gasteiger partial charge is 0.338 e. The van der Waals surface area contributed by atoms with Crippen LogP contribution in [-0.4, -0.2) is 27.8 Å². The van der Waals surface area contributed by atoms with Crippen molar-refractivity contribution < 1.29 is 4.79 Å². The Balaban J connectivity index is 1.67. The Labute approximate surface area is 115 Å². The quantitative estimate of drug-likeness (QED) is 0.734. The molecule has 0 spiro atoms. The van der Waals surface area contributed by atoms with Gasteiger partial charge in [0.15, 0.2) is 0 Å². The second-order valence-electron chi connectivity index (χ2n) is 3.93. The standard InChI is InChI=1S/C12H14ClN5O/c13-9-3-1-4-10(7-9)17-12(19)14-6-2-5-11-15-8-16-18-11/h1,3-4,7-8H,2,5-6H2,(H2,14,17,19)(H,15,16,18). The van der Waals surface area contributed by atoms with Crippen molar-refractivity contribution in [1.29, 1.82) is 0 Å². The number of nitrogens with zero attached hydrogens (tertiary/aromatic N) is 2. The number of H-pyrrole nitrogens is 1. The number of aromatic nitrogens is 3. The first-order valence-corrected chi connectivity index (χ1v) is 6.26. The molecule has 0 bridgehead atoms. The zero-order valence-corrected chi connectivity index (χ0v) is 10.9. The Kier molecular flexibility index (Phi) is 4.74. The third kappa shape index (κ3) is 4.59. The summed E-state index contributed by atoms with van der Waals surface area (Å²) in [5, 5.41) is 12.6. The first-order valence-electron chi connectivity index (χ1n) is 5.89. The number of hydrogen-bond acceptors (Lipinski definition) is 3. The van der Waals surface area contributed by atoms with Crippen LogP contribution in [0.5, 0.6) is 0 Å². The van der Waals surface area contributed by atoms with Gasteiger partial charge in [0.05, 0.1) is 0 Å². The van der Waals surface area contributed by atoms with Crippen molar-refractivity contribution in [3.8, 4) is 0 Å². The maximum Gasteiger partial charge on any atom is 0.319 e. The van der Waals surface area contributed by atoms with Crippen LogP contribution in [0.1, 0.15) is 12.2 Å². The van der Waals surface area contributed by atoms with Crippen LogP contribution in [0.2, 0.25) is 5.02 Å². The monoisotopic (exact) mass is 279 g/mol. The van der Waals surface area contributed by atoms with Crippen LogP contribution >= 0.6 is 11.6 Å². The minimum Gasteiger partial charge on any atom is -0.338 e. The van der Waals surface area contributed by atoms with E-state index in [2.05, 4.69) is 25.8 Å². The molecule has 1 heterocycles.